The summed E-state index contributed by atoms with van der Waals surface area (Å²) in [7, 11) is 4.07. The van der Waals surface area contributed by atoms with Crippen molar-refractivity contribution in [1.82, 2.24) is 5.32 Å². The molecule has 5 nitrogen and oxygen atoms in total. The van der Waals surface area contributed by atoms with Crippen LogP contribution >= 0.6 is 11.3 Å². The summed E-state index contributed by atoms with van der Waals surface area (Å²) < 4.78 is 5.20. The molecule has 0 spiro atoms. The van der Waals surface area contributed by atoms with E-state index in [1.54, 1.807) is 17.4 Å². The van der Waals surface area contributed by atoms with Gasteiger partial charge >= 0.3 is 0 Å². The van der Waals surface area contributed by atoms with E-state index >= 15 is 0 Å². The van der Waals surface area contributed by atoms with Crippen molar-refractivity contribution >= 4 is 39.8 Å². The van der Waals surface area contributed by atoms with Crippen LogP contribution in [0.5, 0.6) is 0 Å². The summed E-state index contributed by atoms with van der Waals surface area (Å²) in [6.45, 7) is 3.31. The van der Waals surface area contributed by atoms with Gasteiger partial charge in [0.25, 0.3) is 5.91 Å². The Labute approximate surface area is 181 Å². The summed E-state index contributed by atoms with van der Waals surface area (Å²) in [6.07, 6.45) is 1.63. The van der Waals surface area contributed by atoms with Gasteiger partial charge in [0.2, 0.25) is 0 Å². The van der Waals surface area contributed by atoms with Crippen LogP contribution < -0.4 is 10.2 Å². The van der Waals surface area contributed by atoms with Crippen LogP contribution in [-0.2, 0) is 9.53 Å². The average molecular weight is 420 g/mol. The minimum atomic E-state index is -0.380. The lowest BCUT2D eigenvalue weighted by Gasteiger charge is -2.13. The molecule has 0 aliphatic heterocycles. The first-order valence-electron chi connectivity index (χ1n) is 9.81. The van der Waals surface area contributed by atoms with Crippen LogP contribution in [0.2, 0.25) is 0 Å². The molecule has 2 aromatic carbocycles. The number of carbonyl (C=O) groups excluding carboxylic acids is 1. The molecule has 1 amide bonds. The number of anilines is 1. The minimum absolute atomic E-state index is 0.0922. The van der Waals surface area contributed by atoms with Crippen LogP contribution in [-0.4, -0.2) is 39.8 Å². The van der Waals surface area contributed by atoms with E-state index in [0.717, 1.165) is 15.3 Å². The third-order valence-corrected chi connectivity index (χ3v) is 5.72. The highest BCUT2D eigenvalue weighted by molar-refractivity contribution is 7.16. The van der Waals surface area contributed by atoms with E-state index in [1.807, 2.05) is 39.2 Å². The molecule has 6 heteroatoms. The molecule has 0 atom stereocenters. The average Bonchev–Trinajstić information content (AvgIpc) is 3.22. The first-order chi connectivity index (χ1) is 14.5. The first-order valence-corrected chi connectivity index (χ1v) is 10.6. The Hall–Kier alpha value is -3.14. The zero-order valence-electron chi connectivity index (χ0n) is 17.4. The highest BCUT2D eigenvalue weighted by atomic mass is 32.1. The number of nitrogens with zero attached hydrogens (tertiary/aromatic N) is 2. The molecule has 0 aliphatic rings. The second-order valence-corrected chi connectivity index (χ2v) is 8.08. The third-order valence-electron chi connectivity index (χ3n) is 4.64. The number of benzene rings is 2. The number of nitriles is 1. The molecule has 30 heavy (non-hydrogen) atoms. The number of hydrogen-bond acceptors (Lipinski definition) is 5. The van der Waals surface area contributed by atoms with E-state index in [0.29, 0.717) is 19.8 Å². The number of amides is 1. The summed E-state index contributed by atoms with van der Waals surface area (Å²) in [5.74, 6) is -0.380. The van der Waals surface area contributed by atoms with Crippen molar-refractivity contribution in [3.05, 3.63) is 59.0 Å². The summed E-state index contributed by atoms with van der Waals surface area (Å²) in [6, 6.07) is 18.7. The number of carbonyl (C=O) groups is 1. The van der Waals surface area contributed by atoms with Crippen LogP contribution in [0.15, 0.2) is 54.1 Å². The van der Waals surface area contributed by atoms with Gasteiger partial charge in [-0.15, -0.1) is 11.3 Å². The predicted octanol–water partition coefficient (Wildman–Crippen LogP) is 4.69. The maximum absolute atomic E-state index is 12.2. The molecule has 1 aromatic heterocycles. The van der Waals surface area contributed by atoms with Gasteiger partial charge in [0.05, 0.1) is 6.61 Å². The lowest BCUT2D eigenvalue weighted by molar-refractivity contribution is -0.117. The molecule has 3 rings (SSSR count). The van der Waals surface area contributed by atoms with Crippen molar-refractivity contribution in [2.75, 3.05) is 38.8 Å². The Morgan fingerprint density at radius 3 is 2.67 bits per heavy atom. The number of nitrogens with one attached hydrogen (secondary N) is 1. The Bertz CT molecular complexity index is 1110. The number of fused-ring (bicyclic) bond motifs is 1. The fourth-order valence-electron chi connectivity index (χ4n) is 3.02. The van der Waals surface area contributed by atoms with Crippen LogP contribution in [0.1, 0.15) is 11.8 Å². The second-order valence-electron chi connectivity index (χ2n) is 6.97. The van der Waals surface area contributed by atoms with Gasteiger partial charge in [0.1, 0.15) is 11.6 Å². The maximum Gasteiger partial charge on any atom is 0.262 e. The summed E-state index contributed by atoms with van der Waals surface area (Å²) >= 11 is 1.56. The molecule has 1 N–H and O–H groups in total. The van der Waals surface area contributed by atoms with E-state index in [4.69, 9.17) is 4.74 Å². The highest BCUT2D eigenvalue weighted by Crippen LogP contribution is 2.32. The molecular weight excluding hydrogens is 394 g/mol. The Balaban J connectivity index is 1.78. The van der Waals surface area contributed by atoms with Crippen molar-refractivity contribution in [2.24, 2.45) is 0 Å². The molecule has 154 valence electrons. The SMILES string of the molecule is CCOCCNC(=O)/C(C#N)=C/c1ccc(-c2ccc3cc(N(C)C)ccc3c2)s1. The van der Waals surface area contributed by atoms with E-state index in [1.165, 1.54) is 16.5 Å². The molecule has 0 bridgehead atoms. The fraction of sp³-hybridized carbons (Fsp3) is 0.250. The van der Waals surface area contributed by atoms with Gasteiger partial charge in [-0.3, -0.25) is 4.79 Å². The van der Waals surface area contributed by atoms with Crippen molar-refractivity contribution in [2.45, 2.75) is 6.92 Å². The topological polar surface area (TPSA) is 65.4 Å². The molecule has 0 saturated heterocycles. The third kappa shape index (κ3) is 5.26. The smallest absolute Gasteiger partial charge is 0.262 e. The molecule has 3 aromatic rings. The Morgan fingerprint density at radius 2 is 1.93 bits per heavy atom. The van der Waals surface area contributed by atoms with Crippen LogP contribution in [0.3, 0.4) is 0 Å². The summed E-state index contributed by atoms with van der Waals surface area (Å²) in [5, 5.41) is 14.4. The molecular formula is C24H25N3O2S. The lowest BCUT2D eigenvalue weighted by Crippen LogP contribution is -2.28. The maximum atomic E-state index is 12.2. The minimum Gasteiger partial charge on any atom is -0.380 e. The molecule has 0 unspecified atom stereocenters. The fourth-order valence-corrected chi connectivity index (χ4v) is 3.96. The van der Waals surface area contributed by atoms with Crippen LogP contribution in [0.25, 0.3) is 27.3 Å². The normalized spacial score (nSPS) is 11.3. The summed E-state index contributed by atoms with van der Waals surface area (Å²) in [4.78, 5) is 16.2. The monoisotopic (exact) mass is 419 g/mol. The second kappa shape index (κ2) is 10.1. The van der Waals surface area contributed by atoms with E-state index in [-0.39, 0.29) is 11.5 Å². The summed E-state index contributed by atoms with van der Waals surface area (Å²) in [5.41, 5.74) is 2.38. The largest absolute Gasteiger partial charge is 0.380 e. The molecule has 0 fully saturated rings. The quantitative estimate of drug-likeness (QED) is 0.327. The number of thiophene rings is 1. The van der Waals surface area contributed by atoms with Gasteiger partial charge in [0, 0.05) is 42.7 Å². The molecule has 1 heterocycles. The number of ether oxygens (including phenoxy) is 1. The van der Waals surface area contributed by atoms with Crippen LogP contribution in [0, 0.1) is 11.3 Å². The van der Waals surface area contributed by atoms with Crippen molar-refractivity contribution < 1.29 is 9.53 Å². The van der Waals surface area contributed by atoms with Gasteiger partial charge in [-0.05, 0) is 59.7 Å². The zero-order valence-corrected chi connectivity index (χ0v) is 18.3. The first kappa shape index (κ1) is 21.6. The molecule has 0 radical (unpaired) electrons. The zero-order chi connectivity index (χ0) is 21.5. The number of rotatable bonds is 8. The van der Waals surface area contributed by atoms with Gasteiger partial charge in [-0.25, -0.2) is 0 Å². The Kier molecular flexibility index (Phi) is 7.23. The van der Waals surface area contributed by atoms with Gasteiger partial charge in [-0.1, -0.05) is 18.2 Å². The van der Waals surface area contributed by atoms with E-state index < -0.39 is 0 Å². The Morgan fingerprint density at radius 1 is 1.17 bits per heavy atom. The predicted molar refractivity (Wildman–Crippen MR) is 125 cm³/mol. The number of hydrogen-bond donors (Lipinski definition) is 1. The van der Waals surface area contributed by atoms with Crippen LogP contribution in [0.4, 0.5) is 5.69 Å². The lowest BCUT2D eigenvalue weighted by atomic mass is 10.1. The van der Waals surface area contributed by atoms with E-state index in [2.05, 4.69) is 46.6 Å². The van der Waals surface area contributed by atoms with Crippen molar-refractivity contribution in [3.63, 3.8) is 0 Å². The molecule has 0 saturated carbocycles. The van der Waals surface area contributed by atoms with Crippen molar-refractivity contribution in [1.29, 1.82) is 5.26 Å². The van der Waals surface area contributed by atoms with Crippen molar-refractivity contribution in [3.8, 4) is 16.5 Å². The highest BCUT2D eigenvalue weighted by Gasteiger charge is 2.10. The molecule has 0 aliphatic carbocycles. The standard InChI is InChI=1S/C24H25N3O2S/c1-4-29-12-11-26-24(28)20(16-25)15-22-9-10-23(30-22)19-6-5-18-14-21(27(2)3)8-7-17(18)13-19/h5-10,13-15H,4,11-12H2,1-3H3,(H,26,28)/b20-15+. The van der Waals surface area contributed by atoms with Gasteiger partial charge < -0.3 is 15.0 Å². The van der Waals surface area contributed by atoms with Gasteiger partial charge in [0.15, 0.2) is 0 Å². The van der Waals surface area contributed by atoms with Gasteiger partial charge in [-0.2, -0.15) is 5.26 Å². The van der Waals surface area contributed by atoms with E-state index in [9.17, 15) is 10.1 Å².